The maximum absolute atomic E-state index is 5.57. The van der Waals surface area contributed by atoms with E-state index in [4.69, 9.17) is 19.0 Å². The SMILES string of the molecule is COc1cc2cc(/C(C)=N/OCCCN3CCCCC3)ccc2c(OC)c1OC. The van der Waals surface area contributed by atoms with Crippen molar-refractivity contribution < 1.29 is 19.0 Å². The zero-order valence-corrected chi connectivity index (χ0v) is 18.0. The van der Waals surface area contributed by atoms with Gasteiger partial charge in [0.2, 0.25) is 5.75 Å². The van der Waals surface area contributed by atoms with Crippen LogP contribution >= 0.6 is 0 Å². The van der Waals surface area contributed by atoms with E-state index in [0.717, 1.165) is 35.0 Å². The highest BCUT2D eigenvalue weighted by Gasteiger charge is 2.16. The molecule has 2 aromatic rings. The van der Waals surface area contributed by atoms with Crippen molar-refractivity contribution in [1.82, 2.24) is 4.90 Å². The molecular formula is C23H32N2O4. The van der Waals surface area contributed by atoms with Crippen LogP contribution in [0.3, 0.4) is 0 Å². The topological polar surface area (TPSA) is 52.5 Å². The summed E-state index contributed by atoms with van der Waals surface area (Å²) in [5, 5.41) is 6.27. The van der Waals surface area contributed by atoms with E-state index < -0.39 is 0 Å². The molecule has 0 atom stereocenters. The van der Waals surface area contributed by atoms with Gasteiger partial charge in [0.15, 0.2) is 11.5 Å². The number of ether oxygens (including phenoxy) is 3. The molecule has 1 heterocycles. The molecule has 0 aliphatic carbocycles. The molecule has 0 amide bonds. The fourth-order valence-electron chi connectivity index (χ4n) is 3.83. The Balaban J connectivity index is 1.67. The van der Waals surface area contributed by atoms with Crippen LogP contribution in [-0.2, 0) is 4.84 Å². The number of fused-ring (bicyclic) bond motifs is 1. The van der Waals surface area contributed by atoms with Crippen molar-refractivity contribution in [1.29, 1.82) is 0 Å². The van der Waals surface area contributed by atoms with E-state index >= 15 is 0 Å². The first-order valence-electron chi connectivity index (χ1n) is 10.3. The summed E-state index contributed by atoms with van der Waals surface area (Å²) in [6, 6.07) is 8.05. The largest absolute Gasteiger partial charge is 0.493 e. The Morgan fingerprint density at radius 1 is 0.966 bits per heavy atom. The summed E-state index contributed by atoms with van der Waals surface area (Å²) in [6.45, 7) is 6.13. The Kier molecular flexibility index (Phi) is 7.58. The van der Waals surface area contributed by atoms with Gasteiger partial charge in [0.05, 0.1) is 27.0 Å². The zero-order chi connectivity index (χ0) is 20.6. The van der Waals surface area contributed by atoms with Gasteiger partial charge in [-0.25, -0.2) is 0 Å². The molecule has 0 N–H and O–H groups in total. The second-order valence-corrected chi connectivity index (χ2v) is 7.35. The van der Waals surface area contributed by atoms with Gasteiger partial charge in [0, 0.05) is 11.9 Å². The van der Waals surface area contributed by atoms with Gasteiger partial charge in [-0.2, -0.15) is 0 Å². The van der Waals surface area contributed by atoms with E-state index in [2.05, 4.69) is 16.1 Å². The molecule has 2 aromatic carbocycles. The molecule has 1 aliphatic rings. The second kappa shape index (κ2) is 10.3. The van der Waals surface area contributed by atoms with Crippen LogP contribution in [0.2, 0.25) is 0 Å². The quantitative estimate of drug-likeness (QED) is 0.353. The van der Waals surface area contributed by atoms with Crippen molar-refractivity contribution in [3.8, 4) is 17.2 Å². The molecule has 158 valence electrons. The highest BCUT2D eigenvalue weighted by atomic mass is 16.6. The molecule has 0 bridgehead atoms. The van der Waals surface area contributed by atoms with Gasteiger partial charge >= 0.3 is 0 Å². The molecule has 0 unspecified atom stereocenters. The van der Waals surface area contributed by atoms with Gasteiger partial charge in [0.25, 0.3) is 0 Å². The van der Waals surface area contributed by atoms with Gasteiger partial charge < -0.3 is 23.9 Å². The van der Waals surface area contributed by atoms with Crippen molar-refractivity contribution in [2.75, 3.05) is 47.6 Å². The van der Waals surface area contributed by atoms with Gasteiger partial charge in [-0.05, 0) is 68.4 Å². The predicted molar refractivity (Wildman–Crippen MR) is 117 cm³/mol. The maximum Gasteiger partial charge on any atom is 0.203 e. The molecular weight excluding hydrogens is 368 g/mol. The van der Waals surface area contributed by atoms with E-state index in [9.17, 15) is 0 Å². The molecule has 29 heavy (non-hydrogen) atoms. The Labute approximate surface area is 173 Å². The standard InChI is InChI=1S/C23H32N2O4/c1-17(24-29-14-8-13-25-11-6-5-7-12-25)18-9-10-20-19(15-18)16-21(26-2)23(28-4)22(20)27-3/h9-10,15-16H,5-8,11-14H2,1-4H3/b24-17+. The number of piperidine rings is 1. The van der Waals surface area contributed by atoms with Crippen LogP contribution in [0.15, 0.2) is 29.4 Å². The minimum atomic E-state index is 0.595. The van der Waals surface area contributed by atoms with Gasteiger partial charge in [-0.15, -0.1) is 0 Å². The van der Waals surface area contributed by atoms with Crippen molar-refractivity contribution >= 4 is 16.5 Å². The summed E-state index contributed by atoms with van der Waals surface area (Å²) >= 11 is 0. The Hall–Kier alpha value is -2.47. The van der Waals surface area contributed by atoms with E-state index in [0.29, 0.717) is 23.9 Å². The number of nitrogens with zero attached hydrogens (tertiary/aromatic N) is 2. The van der Waals surface area contributed by atoms with Crippen molar-refractivity contribution in [2.45, 2.75) is 32.6 Å². The third kappa shape index (κ3) is 5.12. The second-order valence-electron chi connectivity index (χ2n) is 7.35. The molecule has 6 nitrogen and oxygen atoms in total. The summed E-state index contributed by atoms with van der Waals surface area (Å²) in [5.41, 5.74) is 1.85. The highest BCUT2D eigenvalue weighted by Crippen LogP contribution is 2.43. The van der Waals surface area contributed by atoms with Crippen LogP contribution in [0.4, 0.5) is 0 Å². The zero-order valence-electron chi connectivity index (χ0n) is 18.0. The number of hydrogen-bond acceptors (Lipinski definition) is 6. The van der Waals surface area contributed by atoms with E-state index in [1.165, 1.54) is 32.4 Å². The summed E-state index contributed by atoms with van der Waals surface area (Å²) in [4.78, 5) is 8.09. The van der Waals surface area contributed by atoms with E-state index in [-0.39, 0.29) is 0 Å². The third-order valence-electron chi connectivity index (χ3n) is 5.42. The number of likely N-dealkylation sites (tertiary alicyclic amines) is 1. The summed E-state index contributed by atoms with van der Waals surface area (Å²) < 4.78 is 16.5. The Morgan fingerprint density at radius 3 is 2.41 bits per heavy atom. The first kappa shape index (κ1) is 21.2. The van der Waals surface area contributed by atoms with Crippen molar-refractivity contribution in [2.24, 2.45) is 5.16 Å². The Bertz CT molecular complexity index is 844. The van der Waals surface area contributed by atoms with Crippen LogP contribution in [0.1, 0.15) is 38.2 Å². The number of benzene rings is 2. The lowest BCUT2D eigenvalue weighted by Crippen LogP contribution is -2.31. The predicted octanol–water partition coefficient (Wildman–Crippen LogP) is 4.48. The van der Waals surface area contributed by atoms with E-state index in [1.54, 1.807) is 21.3 Å². The summed E-state index contributed by atoms with van der Waals surface area (Å²) in [5.74, 6) is 1.90. The van der Waals surface area contributed by atoms with Gasteiger partial charge in [-0.3, -0.25) is 0 Å². The molecule has 3 rings (SSSR count). The Morgan fingerprint density at radius 2 is 1.72 bits per heavy atom. The summed E-state index contributed by atoms with van der Waals surface area (Å²) in [6.07, 6.45) is 5.01. The molecule has 1 fully saturated rings. The fraction of sp³-hybridized carbons (Fsp3) is 0.522. The van der Waals surface area contributed by atoms with Crippen LogP contribution < -0.4 is 14.2 Å². The monoisotopic (exact) mass is 400 g/mol. The van der Waals surface area contributed by atoms with Crippen LogP contribution in [0, 0.1) is 0 Å². The van der Waals surface area contributed by atoms with E-state index in [1.807, 2.05) is 25.1 Å². The van der Waals surface area contributed by atoms with Crippen molar-refractivity contribution in [3.05, 3.63) is 29.8 Å². The maximum atomic E-state index is 5.57. The molecule has 0 radical (unpaired) electrons. The first-order valence-corrected chi connectivity index (χ1v) is 10.3. The third-order valence-corrected chi connectivity index (χ3v) is 5.42. The highest BCUT2D eigenvalue weighted by molar-refractivity contribution is 6.03. The molecule has 1 aliphatic heterocycles. The average molecular weight is 401 g/mol. The smallest absolute Gasteiger partial charge is 0.203 e. The van der Waals surface area contributed by atoms with Gasteiger partial charge in [-0.1, -0.05) is 17.6 Å². The molecule has 1 saturated heterocycles. The van der Waals surface area contributed by atoms with Crippen LogP contribution in [-0.4, -0.2) is 58.2 Å². The number of hydrogen-bond donors (Lipinski definition) is 0. The lowest BCUT2D eigenvalue weighted by Gasteiger charge is -2.25. The minimum Gasteiger partial charge on any atom is -0.493 e. The molecule has 0 aromatic heterocycles. The first-order chi connectivity index (χ1) is 14.2. The lowest BCUT2D eigenvalue weighted by atomic mass is 10.0. The normalized spacial score (nSPS) is 15.4. The van der Waals surface area contributed by atoms with Crippen LogP contribution in [0.25, 0.3) is 10.8 Å². The number of oxime groups is 1. The minimum absolute atomic E-state index is 0.595. The fourth-order valence-corrected chi connectivity index (χ4v) is 3.83. The number of methoxy groups -OCH3 is 3. The molecule has 0 saturated carbocycles. The van der Waals surface area contributed by atoms with Crippen molar-refractivity contribution in [3.63, 3.8) is 0 Å². The molecule has 6 heteroatoms. The molecule has 0 spiro atoms. The van der Waals surface area contributed by atoms with Gasteiger partial charge in [0.1, 0.15) is 6.61 Å². The van der Waals surface area contributed by atoms with Crippen LogP contribution in [0.5, 0.6) is 17.2 Å². The number of rotatable bonds is 9. The summed E-state index contributed by atoms with van der Waals surface area (Å²) in [7, 11) is 4.87. The lowest BCUT2D eigenvalue weighted by molar-refractivity contribution is 0.124. The average Bonchev–Trinajstić information content (AvgIpc) is 2.77.